The molecule has 0 saturated carbocycles. The zero-order valence-electron chi connectivity index (χ0n) is 11.4. The van der Waals surface area contributed by atoms with Crippen LogP contribution in [0.25, 0.3) is 10.9 Å². The van der Waals surface area contributed by atoms with Gasteiger partial charge in [-0.3, -0.25) is 9.00 Å². The summed E-state index contributed by atoms with van der Waals surface area (Å²) in [5.41, 5.74) is 1.67. The number of H-pyrrole nitrogens is 1. The number of nitrogens with one attached hydrogen (secondary N) is 1. The Balaban J connectivity index is 1.89. The van der Waals surface area contributed by atoms with Gasteiger partial charge in [-0.25, -0.2) is 0 Å². The number of pyridine rings is 1. The molecule has 3 rings (SSSR count). The second-order valence-electron chi connectivity index (χ2n) is 4.83. The standard InChI is InChI=1S/C17H15NO2S/c19-17-12-16(14-8-4-5-9-15(14)18-17)21(20)11-10-13-6-2-1-3-7-13/h1-9,12H,10-11H2,(H,18,19). The predicted octanol–water partition coefficient (Wildman–Crippen LogP) is 2.88. The van der Waals surface area contributed by atoms with E-state index in [1.54, 1.807) is 0 Å². The van der Waals surface area contributed by atoms with Crippen LogP contribution in [-0.2, 0) is 17.2 Å². The molecule has 0 saturated heterocycles. The van der Waals surface area contributed by atoms with E-state index in [4.69, 9.17) is 0 Å². The Morgan fingerprint density at radius 3 is 2.48 bits per heavy atom. The summed E-state index contributed by atoms with van der Waals surface area (Å²) in [5, 5.41) is 0.850. The second kappa shape index (κ2) is 6.06. The Morgan fingerprint density at radius 2 is 1.67 bits per heavy atom. The van der Waals surface area contributed by atoms with Crippen LogP contribution < -0.4 is 5.56 Å². The Hall–Kier alpha value is -2.20. The van der Waals surface area contributed by atoms with Gasteiger partial charge in [0.25, 0.3) is 0 Å². The molecular formula is C17H15NO2S. The summed E-state index contributed by atoms with van der Waals surface area (Å²) < 4.78 is 12.5. The molecule has 1 N–H and O–H groups in total. The number of aromatic nitrogens is 1. The number of fused-ring (bicyclic) bond motifs is 1. The molecule has 3 nitrogen and oxygen atoms in total. The van der Waals surface area contributed by atoms with Crippen LogP contribution >= 0.6 is 0 Å². The first kappa shape index (κ1) is 13.8. The Kier molecular flexibility index (Phi) is 3.97. The van der Waals surface area contributed by atoms with Crippen molar-refractivity contribution in [3.05, 3.63) is 76.6 Å². The summed E-state index contributed by atoms with van der Waals surface area (Å²) in [6, 6.07) is 18.9. The van der Waals surface area contributed by atoms with Gasteiger partial charge in [0.2, 0.25) is 5.56 Å². The van der Waals surface area contributed by atoms with E-state index in [0.29, 0.717) is 10.6 Å². The fourth-order valence-electron chi connectivity index (χ4n) is 2.33. The molecule has 106 valence electrons. The van der Waals surface area contributed by atoms with Crippen molar-refractivity contribution >= 4 is 21.7 Å². The number of hydrogen-bond acceptors (Lipinski definition) is 2. The molecule has 1 aromatic heterocycles. The number of aromatic amines is 1. The van der Waals surface area contributed by atoms with Crippen molar-refractivity contribution in [2.24, 2.45) is 0 Å². The lowest BCUT2D eigenvalue weighted by molar-refractivity contribution is 0.683. The molecule has 1 heterocycles. The number of benzene rings is 2. The Labute approximate surface area is 125 Å². The summed E-state index contributed by atoms with van der Waals surface area (Å²) in [6.45, 7) is 0. The van der Waals surface area contributed by atoms with Gasteiger partial charge in [-0.1, -0.05) is 48.5 Å². The highest BCUT2D eigenvalue weighted by Crippen LogP contribution is 2.18. The molecule has 0 aliphatic carbocycles. The van der Waals surface area contributed by atoms with E-state index in [1.165, 1.54) is 6.07 Å². The summed E-state index contributed by atoms with van der Waals surface area (Å²) >= 11 is 0. The number of hydrogen-bond donors (Lipinski definition) is 1. The summed E-state index contributed by atoms with van der Waals surface area (Å²) in [5.74, 6) is 0.511. The number of rotatable bonds is 4. The van der Waals surface area contributed by atoms with Gasteiger partial charge >= 0.3 is 0 Å². The molecule has 4 heteroatoms. The maximum Gasteiger partial charge on any atom is 0.249 e. The average molecular weight is 297 g/mol. The van der Waals surface area contributed by atoms with E-state index in [0.717, 1.165) is 22.9 Å². The van der Waals surface area contributed by atoms with E-state index < -0.39 is 10.8 Å². The van der Waals surface area contributed by atoms with Crippen molar-refractivity contribution in [2.75, 3.05) is 5.75 Å². The highest BCUT2D eigenvalue weighted by Gasteiger charge is 2.10. The maximum atomic E-state index is 12.5. The zero-order chi connectivity index (χ0) is 14.7. The molecular weight excluding hydrogens is 282 g/mol. The second-order valence-corrected chi connectivity index (χ2v) is 6.37. The highest BCUT2D eigenvalue weighted by atomic mass is 32.2. The van der Waals surface area contributed by atoms with Gasteiger partial charge in [-0.2, -0.15) is 0 Å². The lowest BCUT2D eigenvalue weighted by atomic mass is 10.2. The first-order valence-electron chi connectivity index (χ1n) is 6.78. The molecule has 0 fully saturated rings. The number of para-hydroxylation sites is 1. The molecule has 0 bridgehead atoms. The average Bonchev–Trinajstić information content (AvgIpc) is 2.52. The van der Waals surface area contributed by atoms with Crippen molar-refractivity contribution in [1.82, 2.24) is 4.98 Å². The van der Waals surface area contributed by atoms with Crippen LogP contribution in [0.4, 0.5) is 0 Å². The van der Waals surface area contributed by atoms with E-state index in [2.05, 4.69) is 4.98 Å². The fraction of sp³-hybridized carbons (Fsp3) is 0.118. The first-order valence-corrected chi connectivity index (χ1v) is 8.10. The highest BCUT2D eigenvalue weighted by molar-refractivity contribution is 7.85. The molecule has 0 radical (unpaired) electrons. The van der Waals surface area contributed by atoms with Gasteiger partial charge in [0.05, 0.1) is 15.7 Å². The lowest BCUT2D eigenvalue weighted by Crippen LogP contribution is -2.10. The lowest BCUT2D eigenvalue weighted by Gasteiger charge is -2.06. The third kappa shape index (κ3) is 3.11. The van der Waals surface area contributed by atoms with Gasteiger partial charge in [-0.15, -0.1) is 0 Å². The fourth-order valence-corrected chi connectivity index (χ4v) is 3.63. The minimum Gasteiger partial charge on any atom is -0.322 e. The monoisotopic (exact) mass is 297 g/mol. The summed E-state index contributed by atoms with van der Waals surface area (Å²) in [6.07, 6.45) is 0.731. The molecule has 0 amide bonds. The van der Waals surface area contributed by atoms with Crippen molar-refractivity contribution < 1.29 is 4.21 Å². The molecule has 3 aromatic rings. The van der Waals surface area contributed by atoms with E-state index in [9.17, 15) is 9.00 Å². The van der Waals surface area contributed by atoms with Crippen molar-refractivity contribution in [2.45, 2.75) is 11.3 Å². The summed E-state index contributed by atoms with van der Waals surface area (Å²) in [7, 11) is -1.19. The van der Waals surface area contributed by atoms with Crippen LogP contribution in [0, 0.1) is 0 Å². The van der Waals surface area contributed by atoms with Crippen LogP contribution in [-0.4, -0.2) is 14.9 Å². The topological polar surface area (TPSA) is 49.9 Å². The Bertz CT molecular complexity index is 840. The molecule has 1 atom stereocenters. The van der Waals surface area contributed by atoms with Crippen LogP contribution in [0.5, 0.6) is 0 Å². The SMILES string of the molecule is O=c1cc(S(=O)CCc2ccccc2)c2ccccc2[nH]1. The minimum atomic E-state index is -1.19. The normalized spacial score (nSPS) is 12.4. The maximum absolute atomic E-state index is 12.5. The van der Waals surface area contributed by atoms with Crippen LogP contribution in [0.2, 0.25) is 0 Å². The van der Waals surface area contributed by atoms with Crippen LogP contribution in [0.3, 0.4) is 0 Å². The number of aryl methyl sites for hydroxylation is 1. The van der Waals surface area contributed by atoms with Gasteiger partial charge in [0.15, 0.2) is 0 Å². The van der Waals surface area contributed by atoms with E-state index in [-0.39, 0.29) is 5.56 Å². The van der Waals surface area contributed by atoms with Gasteiger partial charge in [-0.05, 0) is 18.1 Å². The van der Waals surface area contributed by atoms with Gasteiger partial charge < -0.3 is 4.98 Å². The zero-order valence-corrected chi connectivity index (χ0v) is 12.2. The van der Waals surface area contributed by atoms with Crippen LogP contribution in [0.1, 0.15) is 5.56 Å². The van der Waals surface area contributed by atoms with E-state index in [1.807, 2.05) is 54.6 Å². The minimum absolute atomic E-state index is 0.211. The Morgan fingerprint density at radius 1 is 0.952 bits per heavy atom. The van der Waals surface area contributed by atoms with Crippen molar-refractivity contribution in [1.29, 1.82) is 0 Å². The quantitative estimate of drug-likeness (QED) is 0.805. The van der Waals surface area contributed by atoms with Gasteiger partial charge in [0.1, 0.15) is 0 Å². The summed E-state index contributed by atoms with van der Waals surface area (Å²) in [4.78, 5) is 15.1. The largest absolute Gasteiger partial charge is 0.322 e. The predicted molar refractivity (Wildman–Crippen MR) is 86.0 cm³/mol. The molecule has 1 unspecified atom stereocenters. The first-order chi connectivity index (χ1) is 10.2. The van der Waals surface area contributed by atoms with Crippen molar-refractivity contribution in [3.63, 3.8) is 0 Å². The molecule has 21 heavy (non-hydrogen) atoms. The third-order valence-electron chi connectivity index (χ3n) is 3.38. The van der Waals surface area contributed by atoms with Crippen LogP contribution in [0.15, 0.2) is 70.4 Å². The van der Waals surface area contributed by atoms with Crippen molar-refractivity contribution in [3.8, 4) is 0 Å². The molecule has 0 spiro atoms. The van der Waals surface area contributed by atoms with Gasteiger partial charge in [0, 0.05) is 22.7 Å². The molecule has 2 aromatic carbocycles. The van der Waals surface area contributed by atoms with E-state index >= 15 is 0 Å². The third-order valence-corrected chi connectivity index (χ3v) is 4.78. The molecule has 0 aliphatic heterocycles. The smallest absolute Gasteiger partial charge is 0.249 e. The molecule has 0 aliphatic rings.